The van der Waals surface area contributed by atoms with Crippen molar-refractivity contribution in [2.75, 3.05) is 25.5 Å². The fourth-order valence-electron chi connectivity index (χ4n) is 1.55. The first-order valence-corrected chi connectivity index (χ1v) is 5.06. The van der Waals surface area contributed by atoms with Crippen LogP contribution >= 0.6 is 0 Å². The summed E-state index contributed by atoms with van der Waals surface area (Å²) in [6.07, 6.45) is 0. The molecule has 0 fully saturated rings. The van der Waals surface area contributed by atoms with Crippen molar-refractivity contribution in [3.63, 3.8) is 0 Å². The average Bonchev–Trinajstić information content (AvgIpc) is 2.17. The lowest BCUT2D eigenvalue weighted by molar-refractivity contribution is 0.531. The Kier molecular flexibility index (Phi) is 3.35. The molecule has 0 radical (unpaired) electrons. The molecule has 84 valence electrons. The molecule has 2 nitrogen and oxygen atoms in total. The zero-order valence-corrected chi connectivity index (χ0v) is 9.84. The first-order valence-electron chi connectivity index (χ1n) is 5.06. The van der Waals surface area contributed by atoms with Crippen LogP contribution < -0.4 is 10.6 Å². The first-order chi connectivity index (χ1) is 6.88. The van der Waals surface area contributed by atoms with Crippen LogP contribution in [0.4, 0.5) is 10.1 Å². The molecule has 0 aliphatic carbocycles. The van der Waals surface area contributed by atoms with Crippen LogP contribution in [0, 0.1) is 5.82 Å². The Labute approximate surface area is 90.9 Å². The fourth-order valence-corrected chi connectivity index (χ4v) is 1.55. The molecule has 2 N–H and O–H groups in total. The van der Waals surface area contributed by atoms with E-state index in [1.54, 1.807) is 12.1 Å². The molecule has 0 amide bonds. The molecule has 0 aliphatic heterocycles. The van der Waals surface area contributed by atoms with Gasteiger partial charge >= 0.3 is 0 Å². The molecule has 0 spiro atoms. The van der Waals surface area contributed by atoms with E-state index in [-0.39, 0.29) is 11.2 Å². The lowest BCUT2D eigenvalue weighted by Gasteiger charge is -2.28. The Balaban J connectivity index is 3.30. The van der Waals surface area contributed by atoms with Gasteiger partial charge in [-0.25, -0.2) is 4.39 Å². The van der Waals surface area contributed by atoms with Crippen LogP contribution in [0.5, 0.6) is 0 Å². The smallest absolute Gasteiger partial charge is 0.123 e. The van der Waals surface area contributed by atoms with Crippen LogP contribution in [0.25, 0.3) is 0 Å². The predicted molar refractivity (Wildman–Crippen MR) is 62.8 cm³/mol. The van der Waals surface area contributed by atoms with Crippen LogP contribution in [0.1, 0.15) is 19.4 Å². The molecule has 0 aromatic heterocycles. The summed E-state index contributed by atoms with van der Waals surface area (Å²) in [5.74, 6) is -0.211. The van der Waals surface area contributed by atoms with Gasteiger partial charge in [-0.15, -0.1) is 0 Å². The normalized spacial score (nSPS) is 11.6. The van der Waals surface area contributed by atoms with E-state index < -0.39 is 0 Å². The van der Waals surface area contributed by atoms with Crippen LogP contribution in [0.15, 0.2) is 18.2 Å². The van der Waals surface area contributed by atoms with E-state index in [0.717, 1.165) is 11.3 Å². The fraction of sp³-hybridized carbons (Fsp3) is 0.500. The van der Waals surface area contributed by atoms with Gasteiger partial charge in [-0.05, 0) is 23.8 Å². The van der Waals surface area contributed by atoms with E-state index in [4.69, 9.17) is 5.73 Å². The quantitative estimate of drug-likeness (QED) is 0.828. The van der Waals surface area contributed by atoms with Gasteiger partial charge in [0, 0.05) is 31.7 Å². The molecule has 1 rings (SSSR count). The van der Waals surface area contributed by atoms with E-state index >= 15 is 0 Å². The van der Waals surface area contributed by atoms with E-state index in [2.05, 4.69) is 0 Å². The van der Waals surface area contributed by atoms with Crippen LogP contribution in [-0.4, -0.2) is 20.6 Å². The number of nitrogens with zero attached hydrogens (tertiary/aromatic N) is 1. The van der Waals surface area contributed by atoms with E-state index in [1.165, 1.54) is 6.07 Å². The van der Waals surface area contributed by atoms with E-state index in [9.17, 15) is 4.39 Å². The van der Waals surface area contributed by atoms with Crippen LogP contribution in [0.3, 0.4) is 0 Å². The maximum atomic E-state index is 13.2. The van der Waals surface area contributed by atoms with Gasteiger partial charge in [0.25, 0.3) is 0 Å². The third kappa shape index (κ3) is 2.48. The largest absolute Gasteiger partial charge is 0.377 e. The highest BCUT2D eigenvalue weighted by molar-refractivity contribution is 5.55. The second kappa shape index (κ2) is 4.19. The van der Waals surface area contributed by atoms with Gasteiger partial charge in [-0.3, -0.25) is 0 Å². The third-order valence-electron chi connectivity index (χ3n) is 2.68. The van der Waals surface area contributed by atoms with Crippen molar-refractivity contribution in [2.45, 2.75) is 19.3 Å². The molecule has 0 bridgehead atoms. The number of rotatable bonds is 3. The summed E-state index contributed by atoms with van der Waals surface area (Å²) in [6.45, 7) is 4.54. The SMILES string of the molecule is CN(C)c1ccc(F)cc1C(C)(C)CN. The lowest BCUT2D eigenvalue weighted by Crippen LogP contribution is -2.30. The predicted octanol–water partition coefficient (Wildman–Crippen LogP) is 2.13. The van der Waals surface area contributed by atoms with Gasteiger partial charge < -0.3 is 10.6 Å². The molecular weight excluding hydrogens is 191 g/mol. The summed E-state index contributed by atoms with van der Waals surface area (Å²) in [6, 6.07) is 4.84. The summed E-state index contributed by atoms with van der Waals surface area (Å²) in [7, 11) is 3.90. The monoisotopic (exact) mass is 210 g/mol. The number of hydrogen-bond donors (Lipinski definition) is 1. The molecule has 0 saturated heterocycles. The number of anilines is 1. The minimum absolute atomic E-state index is 0.207. The Hall–Kier alpha value is -1.09. The molecule has 1 aromatic carbocycles. The lowest BCUT2D eigenvalue weighted by atomic mass is 9.83. The maximum absolute atomic E-state index is 13.2. The maximum Gasteiger partial charge on any atom is 0.123 e. The highest BCUT2D eigenvalue weighted by Crippen LogP contribution is 2.31. The van der Waals surface area contributed by atoms with Crippen molar-refractivity contribution in [3.8, 4) is 0 Å². The molecule has 0 saturated carbocycles. The second-order valence-electron chi connectivity index (χ2n) is 4.64. The minimum Gasteiger partial charge on any atom is -0.377 e. The van der Waals surface area contributed by atoms with Crippen molar-refractivity contribution in [3.05, 3.63) is 29.6 Å². The summed E-state index contributed by atoms with van der Waals surface area (Å²) in [5, 5.41) is 0. The highest BCUT2D eigenvalue weighted by atomic mass is 19.1. The van der Waals surface area contributed by atoms with Crippen molar-refractivity contribution in [1.82, 2.24) is 0 Å². The van der Waals surface area contributed by atoms with Crippen LogP contribution in [-0.2, 0) is 5.41 Å². The molecule has 1 aromatic rings. The number of benzene rings is 1. The minimum atomic E-state index is -0.211. The van der Waals surface area contributed by atoms with Crippen molar-refractivity contribution < 1.29 is 4.39 Å². The van der Waals surface area contributed by atoms with Crippen molar-refractivity contribution in [2.24, 2.45) is 5.73 Å². The molecule has 0 aliphatic rings. The van der Waals surface area contributed by atoms with Gasteiger partial charge in [-0.2, -0.15) is 0 Å². The van der Waals surface area contributed by atoms with Crippen molar-refractivity contribution in [1.29, 1.82) is 0 Å². The van der Waals surface area contributed by atoms with Gasteiger partial charge in [0.05, 0.1) is 0 Å². The summed E-state index contributed by atoms with van der Waals surface area (Å²) in [5.41, 5.74) is 7.48. The Morgan fingerprint density at radius 3 is 2.40 bits per heavy atom. The molecule has 0 atom stereocenters. The summed E-state index contributed by atoms with van der Waals surface area (Å²) < 4.78 is 13.2. The zero-order chi connectivity index (χ0) is 11.6. The van der Waals surface area contributed by atoms with Gasteiger partial charge in [0.2, 0.25) is 0 Å². The van der Waals surface area contributed by atoms with E-state index in [0.29, 0.717) is 6.54 Å². The average molecular weight is 210 g/mol. The number of hydrogen-bond acceptors (Lipinski definition) is 2. The third-order valence-corrected chi connectivity index (χ3v) is 2.68. The van der Waals surface area contributed by atoms with Gasteiger partial charge in [0.1, 0.15) is 5.82 Å². The second-order valence-corrected chi connectivity index (χ2v) is 4.64. The topological polar surface area (TPSA) is 29.3 Å². The van der Waals surface area contributed by atoms with Crippen molar-refractivity contribution >= 4 is 5.69 Å². The molecule has 15 heavy (non-hydrogen) atoms. The van der Waals surface area contributed by atoms with E-state index in [1.807, 2.05) is 32.8 Å². The molecule has 0 heterocycles. The number of halogens is 1. The standard InChI is InChI=1S/C12H19FN2/c1-12(2,8-14)10-7-9(13)5-6-11(10)15(3)4/h5-7H,8,14H2,1-4H3. The number of nitrogens with two attached hydrogens (primary N) is 1. The molecular formula is C12H19FN2. The highest BCUT2D eigenvalue weighted by Gasteiger charge is 2.23. The van der Waals surface area contributed by atoms with Crippen LogP contribution in [0.2, 0.25) is 0 Å². The van der Waals surface area contributed by atoms with Gasteiger partial charge in [0.15, 0.2) is 0 Å². The Bertz CT molecular complexity index is 345. The Morgan fingerprint density at radius 1 is 1.33 bits per heavy atom. The first kappa shape index (κ1) is 12.0. The zero-order valence-electron chi connectivity index (χ0n) is 9.84. The molecule has 0 unspecified atom stereocenters. The summed E-state index contributed by atoms with van der Waals surface area (Å²) in [4.78, 5) is 1.98. The van der Waals surface area contributed by atoms with Gasteiger partial charge in [-0.1, -0.05) is 13.8 Å². The molecule has 3 heteroatoms. The summed E-state index contributed by atoms with van der Waals surface area (Å²) >= 11 is 0. The Morgan fingerprint density at radius 2 is 1.93 bits per heavy atom.